The van der Waals surface area contributed by atoms with E-state index in [1.807, 2.05) is 0 Å². The molecule has 1 rings (SSSR count). The average Bonchev–Trinajstić information content (AvgIpc) is 2.29. The molecule has 0 aliphatic heterocycles. The summed E-state index contributed by atoms with van der Waals surface area (Å²) in [5, 5.41) is 2.80. The van der Waals surface area contributed by atoms with E-state index in [0.29, 0.717) is 6.61 Å². The van der Waals surface area contributed by atoms with Crippen LogP contribution in [0.3, 0.4) is 0 Å². The van der Waals surface area contributed by atoms with Crippen molar-refractivity contribution in [3.05, 3.63) is 27.2 Å². The zero-order valence-corrected chi connectivity index (χ0v) is 15.5. The highest BCUT2D eigenvalue weighted by molar-refractivity contribution is 9.10. The number of amides is 1. The van der Waals surface area contributed by atoms with E-state index < -0.39 is 20.5 Å². The van der Waals surface area contributed by atoms with E-state index in [-0.39, 0.29) is 20.0 Å². The second kappa shape index (κ2) is 6.83. The summed E-state index contributed by atoms with van der Waals surface area (Å²) in [6.45, 7) is 3.84. The third-order valence-electron chi connectivity index (χ3n) is 2.48. The maximum atomic E-state index is 12.2. The normalized spacial score (nSPS) is 12.3. The lowest BCUT2D eigenvalue weighted by atomic mass is 10.1. The summed E-state index contributed by atoms with van der Waals surface area (Å²) in [6, 6.07) is 2.52. The van der Waals surface area contributed by atoms with Crippen LogP contribution in [0.15, 0.2) is 21.5 Å². The number of carbonyl (C=O) groups excluding carboxylic acids is 1. The Bertz CT molecular complexity index is 661. The molecule has 0 bridgehead atoms. The Morgan fingerprint density at radius 1 is 1.43 bits per heavy atom. The molecule has 1 amide bonds. The Balaban J connectivity index is 3.21. The summed E-state index contributed by atoms with van der Waals surface area (Å²) in [7, 11) is 2.81. The zero-order valence-electron chi connectivity index (χ0n) is 11.5. The van der Waals surface area contributed by atoms with Gasteiger partial charge in [0.15, 0.2) is 0 Å². The lowest BCUT2D eigenvalue weighted by Crippen LogP contribution is -2.46. The summed E-state index contributed by atoms with van der Waals surface area (Å²) in [4.78, 5) is 11.9. The number of rotatable bonds is 5. The average molecular weight is 419 g/mol. The van der Waals surface area contributed by atoms with Gasteiger partial charge in [0.1, 0.15) is 0 Å². The largest absolute Gasteiger partial charge is 0.382 e. The number of hydrogen-bond acceptors (Lipinski definition) is 4. The van der Waals surface area contributed by atoms with Gasteiger partial charge in [-0.05, 0) is 41.9 Å². The van der Waals surface area contributed by atoms with Crippen molar-refractivity contribution in [1.82, 2.24) is 5.32 Å². The molecule has 0 unspecified atom stereocenters. The number of nitrogens with one attached hydrogen (secondary N) is 1. The molecule has 0 aliphatic rings. The van der Waals surface area contributed by atoms with Crippen LogP contribution in [0.4, 0.5) is 0 Å². The monoisotopic (exact) mass is 417 g/mol. The van der Waals surface area contributed by atoms with Crippen molar-refractivity contribution in [2.75, 3.05) is 13.7 Å². The van der Waals surface area contributed by atoms with Crippen LogP contribution >= 0.6 is 38.2 Å². The van der Waals surface area contributed by atoms with Gasteiger partial charge in [-0.2, -0.15) is 0 Å². The molecular formula is C12H14BrCl2NO4S. The quantitative estimate of drug-likeness (QED) is 0.745. The van der Waals surface area contributed by atoms with Crippen molar-refractivity contribution in [2.24, 2.45) is 0 Å². The molecule has 0 fully saturated rings. The van der Waals surface area contributed by atoms with Gasteiger partial charge in [-0.1, -0.05) is 11.6 Å². The Morgan fingerprint density at radius 3 is 2.48 bits per heavy atom. The number of methoxy groups -OCH3 is 1. The van der Waals surface area contributed by atoms with Crippen LogP contribution in [0.25, 0.3) is 0 Å². The second-order valence-electron chi connectivity index (χ2n) is 4.98. The standard InChI is InChI=1S/C12H14BrCl2NO4S/c1-12(2,6-20-3)16-11(17)7-4-8(14)10(13)9(5-7)21(15,18)19/h4-5H,6H2,1-3H3,(H,16,17). The van der Waals surface area contributed by atoms with Crippen molar-refractivity contribution in [1.29, 1.82) is 0 Å². The smallest absolute Gasteiger partial charge is 0.262 e. The van der Waals surface area contributed by atoms with Gasteiger partial charge < -0.3 is 10.1 Å². The molecule has 21 heavy (non-hydrogen) atoms. The van der Waals surface area contributed by atoms with Crippen LogP contribution in [-0.2, 0) is 13.8 Å². The Hall–Kier alpha value is -0.340. The minimum atomic E-state index is -4.03. The highest BCUT2D eigenvalue weighted by Gasteiger charge is 2.24. The Morgan fingerprint density at radius 2 is 2.00 bits per heavy atom. The molecule has 9 heteroatoms. The van der Waals surface area contributed by atoms with Crippen molar-refractivity contribution in [3.8, 4) is 0 Å². The van der Waals surface area contributed by atoms with Crippen molar-refractivity contribution in [2.45, 2.75) is 24.3 Å². The molecule has 1 N–H and O–H groups in total. The highest BCUT2D eigenvalue weighted by Crippen LogP contribution is 2.33. The minimum absolute atomic E-state index is 0.0754. The highest BCUT2D eigenvalue weighted by atomic mass is 79.9. The van der Waals surface area contributed by atoms with E-state index in [2.05, 4.69) is 21.2 Å². The number of halogens is 3. The van der Waals surface area contributed by atoms with E-state index in [0.717, 1.165) is 6.07 Å². The molecule has 1 aromatic rings. The summed E-state index contributed by atoms with van der Waals surface area (Å²) in [5.41, 5.74) is -0.530. The summed E-state index contributed by atoms with van der Waals surface area (Å²) in [6.07, 6.45) is 0. The molecule has 0 spiro atoms. The summed E-state index contributed by atoms with van der Waals surface area (Å²) < 4.78 is 28.1. The van der Waals surface area contributed by atoms with Gasteiger partial charge in [0.05, 0.1) is 26.5 Å². The third-order valence-corrected chi connectivity index (χ3v) is 5.47. The first-order valence-corrected chi connectivity index (χ1v) is 9.21. The zero-order chi connectivity index (χ0) is 16.4. The lowest BCUT2D eigenvalue weighted by Gasteiger charge is -2.25. The maximum Gasteiger partial charge on any atom is 0.262 e. The first-order chi connectivity index (χ1) is 9.48. The SMILES string of the molecule is COCC(C)(C)NC(=O)c1cc(Cl)c(Br)c(S(=O)(=O)Cl)c1. The molecule has 0 aromatic heterocycles. The fourth-order valence-electron chi connectivity index (χ4n) is 1.65. The van der Waals surface area contributed by atoms with Crippen LogP contribution in [0.2, 0.25) is 5.02 Å². The number of ether oxygens (including phenoxy) is 1. The van der Waals surface area contributed by atoms with Crippen molar-refractivity contribution >= 4 is 53.2 Å². The second-order valence-corrected chi connectivity index (χ2v) is 8.71. The molecule has 0 saturated heterocycles. The van der Waals surface area contributed by atoms with E-state index in [4.69, 9.17) is 27.0 Å². The van der Waals surface area contributed by atoms with Gasteiger partial charge in [0, 0.05) is 23.4 Å². The van der Waals surface area contributed by atoms with Gasteiger partial charge >= 0.3 is 0 Å². The van der Waals surface area contributed by atoms with Crippen LogP contribution < -0.4 is 5.32 Å². The summed E-state index contributed by atoms with van der Waals surface area (Å²) in [5.74, 6) is -0.479. The van der Waals surface area contributed by atoms with Crippen LogP contribution in [0, 0.1) is 0 Å². The fraction of sp³-hybridized carbons (Fsp3) is 0.417. The predicted octanol–water partition coefficient (Wildman–Crippen LogP) is 3.18. The molecule has 0 aliphatic carbocycles. The van der Waals surface area contributed by atoms with Gasteiger partial charge in [-0.25, -0.2) is 8.42 Å². The van der Waals surface area contributed by atoms with Crippen LogP contribution in [-0.4, -0.2) is 33.6 Å². The number of benzene rings is 1. The van der Waals surface area contributed by atoms with Crippen LogP contribution in [0.5, 0.6) is 0 Å². The molecule has 0 atom stereocenters. The van der Waals surface area contributed by atoms with Crippen molar-refractivity contribution < 1.29 is 17.9 Å². The van der Waals surface area contributed by atoms with Gasteiger partial charge in [0.2, 0.25) is 0 Å². The molecule has 0 radical (unpaired) electrons. The fourth-order valence-corrected chi connectivity index (χ4v) is 4.03. The van der Waals surface area contributed by atoms with Gasteiger partial charge in [-0.15, -0.1) is 0 Å². The van der Waals surface area contributed by atoms with E-state index in [1.165, 1.54) is 13.2 Å². The maximum absolute atomic E-state index is 12.2. The van der Waals surface area contributed by atoms with E-state index in [1.54, 1.807) is 13.8 Å². The van der Waals surface area contributed by atoms with Gasteiger partial charge in [-0.3, -0.25) is 4.79 Å². The molecule has 0 saturated carbocycles. The minimum Gasteiger partial charge on any atom is -0.382 e. The molecule has 0 heterocycles. The predicted molar refractivity (Wildman–Crippen MR) is 85.6 cm³/mol. The number of hydrogen-bond donors (Lipinski definition) is 1. The third kappa shape index (κ3) is 5.10. The molecular weight excluding hydrogens is 405 g/mol. The van der Waals surface area contributed by atoms with E-state index >= 15 is 0 Å². The first kappa shape index (κ1) is 18.7. The molecule has 5 nitrogen and oxygen atoms in total. The topological polar surface area (TPSA) is 72.5 Å². The lowest BCUT2D eigenvalue weighted by molar-refractivity contribution is 0.0819. The number of carbonyl (C=O) groups is 1. The van der Waals surface area contributed by atoms with Crippen molar-refractivity contribution in [3.63, 3.8) is 0 Å². The van der Waals surface area contributed by atoms with E-state index in [9.17, 15) is 13.2 Å². The van der Waals surface area contributed by atoms with Gasteiger partial charge in [0.25, 0.3) is 15.0 Å². The molecule has 1 aromatic carbocycles. The first-order valence-electron chi connectivity index (χ1n) is 5.73. The Labute approximate surface area is 141 Å². The van der Waals surface area contributed by atoms with Crippen LogP contribution in [0.1, 0.15) is 24.2 Å². The Kier molecular flexibility index (Phi) is 6.08. The summed E-state index contributed by atoms with van der Waals surface area (Å²) >= 11 is 8.97. The molecule has 118 valence electrons.